The molecular formula is C10H13N3O2S2. The van der Waals surface area contributed by atoms with Crippen molar-refractivity contribution in [2.75, 3.05) is 12.3 Å². The summed E-state index contributed by atoms with van der Waals surface area (Å²) in [5, 5.41) is 0.176. The summed E-state index contributed by atoms with van der Waals surface area (Å²) in [5.41, 5.74) is 6.43. The number of imide groups is 1. The summed E-state index contributed by atoms with van der Waals surface area (Å²) in [6, 6.07) is 0. The molecule has 7 heteroatoms. The number of rotatable bonds is 3. The van der Waals surface area contributed by atoms with Gasteiger partial charge in [0.15, 0.2) is 5.13 Å². The molecule has 0 saturated carbocycles. The van der Waals surface area contributed by atoms with Gasteiger partial charge in [-0.05, 0) is 13.8 Å². The number of aromatic nitrogens is 1. The molecule has 0 bridgehead atoms. The molecule has 2 rings (SSSR count). The van der Waals surface area contributed by atoms with Crippen molar-refractivity contribution in [3.63, 3.8) is 0 Å². The van der Waals surface area contributed by atoms with Crippen molar-refractivity contribution in [3.05, 3.63) is 5.69 Å². The van der Waals surface area contributed by atoms with Gasteiger partial charge in [0.25, 0.3) is 0 Å². The number of carbonyl (C=O) groups excluding carboxylic acids is 2. The fourth-order valence-electron chi connectivity index (χ4n) is 1.72. The fourth-order valence-corrected chi connectivity index (χ4v) is 4.01. The van der Waals surface area contributed by atoms with Crippen LogP contribution in [-0.4, -0.2) is 33.5 Å². The van der Waals surface area contributed by atoms with Gasteiger partial charge in [0.2, 0.25) is 11.8 Å². The molecule has 0 aromatic carbocycles. The molecule has 2 amide bonds. The summed E-state index contributed by atoms with van der Waals surface area (Å²) < 4.78 is 0.923. The van der Waals surface area contributed by atoms with Gasteiger partial charge >= 0.3 is 0 Å². The van der Waals surface area contributed by atoms with E-state index in [-0.39, 0.29) is 23.5 Å². The van der Waals surface area contributed by atoms with Gasteiger partial charge in [-0.1, -0.05) is 23.1 Å². The van der Waals surface area contributed by atoms with E-state index in [1.54, 1.807) is 6.92 Å². The van der Waals surface area contributed by atoms with E-state index in [0.29, 0.717) is 11.7 Å². The minimum atomic E-state index is -0.319. The molecule has 1 fully saturated rings. The van der Waals surface area contributed by atoms with Gasteiger partial charge in [0.05, 0.1) is 15.2 Å². The molecule has 1 atom stereocenters. The zero-order chi connectivity index (χ0) is 12.6. The summed E-state index contributed by atoms with van der Waals surface area (Å²) in [5.74, 6) is -0.195. The number of aryl methyl sites for hydroxylation is 1. The van der Waals surface area contributed by atoms with Gasteiger partial charge in [0, 0.05) is 13.0 Å². The summed E-state index contributed by atoms with van der Waals surface area (Å²) >= 11 is 2.75. The van der Waals surface area contributed by atoms with Crippen molar-refractivity contribution in [2.45, 2.75) is 29.7 Å². The number of hydrogen-bond donors (Lipinski definition) is 1. The first-order valence-corrected chi connectivity index (χ1v) is 6.96. The molecule has 5 nitrogen and oxygen atoms in total. The third-order valence-electron chi connectivity index (χ3n) is 2.54. The Morgan fingerprint density at radius 3 is 2.76 bits per heavy atom. The number of nitrogens with zero attached hydrogens (tertiary/aromatic N) is 2. The Balaban J connectivity index is 2.13. The van der Waals surface area contributed by atoms with Crippen LogP contribution in [0.5, 0.6) is 0 Å². The molecule has 1 aliphatic rings. The Bertz CT molecular complexity index is 472. The maximum atomic E-state index is 11.9. The minimum Gasteiger partial charge on any atom is -0.375 e. The van der Waals surface area contributed by atoms with Crippen LogP contribution in [0.2, 0.25) is 0 Å². The molecule has 1 aliphatic heterocycles. The van der Waals surface area contributed by atoms with Crippen molar-refractivity contribution >= 4 is 40.0 Å². The second-order valence-electron chi connectivity index (χ2n) is 3.71. The molecule has 92 valence electrons. The van der Waals surface area contributed by atoms with Gasteiger partial charge in [-0.2, -0.15) is 0 Å². The largest absolute Gasteiger partial charge is 0.375 e. The highest BCUT2D eigenvalue weighted by Crippen LogP contribution is 2.37. The highest BCUT2D eigenvalue weighted by atomic mass is 32.2. The molecule has 1 saturated heterocycles. The topological polar surface area (TPSA) is 76.3 Å². The third-order valence-corrected chi connectivity index (χ3v) is 5.02. The van der Waals surface area contributed by atoms with Crippen LogP contribution >= 0.6 is 23.1 Å². The Morgan fingerprint density at radius 2 is 2.29 bits per heavy atom. The van der Waals surface area contributed by atoms with Crippen LogP contribution in [-0.2, 0) is 9.59 Å². The van der Waals surface area contributed by atoms with Crippen molar-refractivity contribution in [3.8, 4) is 0 Å². The van der Waals surface area contributed by atoms with E-state index in [1.165, 1.54) is 28.0 Å². The smallest absolute Gasteiger partial charge is 0.243 e. The van der Waals surface area contributed by atoms with Crippen molar-refractivity contribution in [1.82, 2.24) is 9.88 Å². The zero-order valence-corrected chi connectivity index (χ0v) is 11.2. The number of thiazole rings is 1. The Kier molecular flexibility index (Phi) is 3.39. The number of carbonyl (C=O) groups is 2. The highest BCUT2D eigenvalue weighted by Gasteiger charge is 2.38. The molecule has 1 aromatic rings. The zero-order valence-electron chi connectivity index (χ0n) is 9.60. The highest BCUT2D eigenvalue weighted by molar-refractivity contribution is 8.02. The first-order valence-electron chi connectivity index (χ1n) is 5.26. The van der Waals surface area contributed by atoms with Gasteiger partial charge in [0.1, 0.15) is 0 Å². The minimum absolute atomic E-state index is 0.0925. The van der Waals surface area contributed by atoms with Crippen LogP contribution in [0.15, 0.2) is 4.21 Å². The summed E-state index contributed by atoms with van der Waals surface area (Å²) in [4.78, 5) is 28.9. The molecule has 17 heavy (non-hydrogen) atoms. The van der Waals surface area contributed by atoms with Crippen LogP contribution in [0.3, 0.4) is 0 Å². The lowest BCUT2D eigenvalue weighted by Crippen LogP contribution is -2.30. The average molecular weight is 271 g/mol. The Morgan fingerprint density at radius 1 is 1.59 bits per heavy atom. The van der Waals surface area contributed by atoms with Gasteiger partial charge < -0.3 is 5.73 Å². The predicted octanol–water partition coefficient (Wildman–Crippen LogP) is 1.27. The van der Waals surface area contributed by atoms with Gasteiger partial charge in [-0.25, -0.2) is 4.98 Å². The van der Waals surface area contributed by atoms with Crippen LogP contribution in [0, 0.1) is 6.92 Å². The fraction of sp³-hybridized carbons (Fsp3) is 0.500. The van der Waals surface area contributed by atoms with Crippen molar-refractivity contribution in [2.24, 2.45) is 0 Å². The van der Waals surface area contributed by atoms with E-state index in [4.69, 9.17) is 5.73 Å². The number of hydrogen-bond acceptors (Lipinski definition) is 6. The number of amides is 2. The molecule has 2 N–H and O–H groups in total. The predicted molar refractivity (Wildman–Crippen MR) is 67.9 cm³/mol. The maximum absolute atomic E-state index is 11.9. The van der Waals surface area contributed by atoms with Gasteiger partial charge in [-0.3, -0.25) is 14.5 Å². The Hall–Kier alpha value is -1.08. The number of nitrogen functional groups attached to an aromatic ring is 1. The molecule has 0 radical (unpaired) electrons. The molecule has 0 spiro atoms. The normalized spacial score (nSPS) is 20.4. The van der Waals surface area contributed by atoms with Crippen LogP contribution < -0.4 is 5.73 Å². The first kappa shape index (κ1) is 12.4. The average Bonchev–Trinajstić information content (AvgIpc) is 2.69. The lowest BCUT2D eigenvalue weighted by molar-refractivity contribution is -0.137. The second-order valence-corrected chi connectivity index (χ2v) is 6.21. The number of nitrogens with two attached hydrogens (primary N) is 1. The Labute approximate surface area is 107 Å². The standard InChI is InChI=1S/C10H13N3O2S2/c1-3-13-7(14)4-6(8(13)15)16-9-5(2)12-10(11)17-9/h6H,3-4H2,1-2H3,(H2,11,12). The van der Waals surface area contributed by atoms with Crippen LogP contribution in [0.4, 0.5) is 5.13 Å². The molecule has 0 aliphatic carbocycles. The number of likely N-dealkylation sites (tertiary alicyclic amines) is 1. The lowest BCUT2D eigenvalue weighted by atomic mass is 10.4. The third kappa shape index (κ3) is 2.30. The second kappa shape index (κ2) is 4.66. The van der Waals surface area contributed by atoms with Crippen molar-refractivity contribution < 1.29 is 9.59 Å². The molecule has 2 heterocycles. The molecule has 1 aromatic heterocycles. The lowest BCUT2D eigenvalue weighted by Gasteiger charge is -2.10. The summed E-state index contributed by atoms with van der Waals surface area (Å²) in [7, 11) is 0. The van der Waals surface area contributed by atoms with Crippen LogP contribution in [0.1, 0.15) is 19.0 Å². The van der Waals surface area contributed by atoms with E-state index in [9.17, 15) is 9.59 Å². The quantitative estimate of drug-likeness (QED) is 0.838. The van der Waals surface area contributed by atoms with E-state index in [2.05, 4.69) is 4.98 Å². The van der Waals surface area contributed by atoms with Crippen molar-refractivity contribution in [1.29, 1.82) is 0 Å². The molecule has 1 unspecified atom stereocenters. The molecular weight excluding hydrogens is 258 g/mol. The summed E-state index contributed by atoms with van der Waals surface area (Å²) in [6.07, 6.45) is 0.272. The SMILES string of the molecule is CCN1C(=O)CC(Sc2sc(N)nc2C)C1=O. The van der Waals surface area contributed by atoms with E-state index < -0.39 is 0 Å². The van der Waals surface area contributed by atoms with Crippen LogP contribution in [0.25, 0.3) is 0 Å². The van der Waals surface area contributed by atoms with E-state index in [1.807, 2.05) is 6.92 Å². The summed E-state index contributed by atoms with van der Waals surface area (Å²) in [6.45, 7) is 4.10. The van der Waals surface area contributed by atoms with E-state index >= 15 is 0 Å². The monoisotopic (exact) mass is 271 g/mol. The number of anilines is 1. The van der Waals surface area contributed by atoms with Gasteiger partial charge in [-0.15, -0.1) is 0 Å². The number of thioether (sulfide) groups is 1. The van der Waals surface area contributed by atoms with E-state index in [0.717, 1.165) is 9.90 Å². The first-order chi connectivity index (χ1) is 8.02. The maximum Gasteiger partial charge on any atom is 0.243 e.